The van der Waals surface area contributed by atoms with Crippen LogP contribution in [-0.2, 0) is 10.2 Å². The zero-order valence-electron chi connectivity index (χ0n) is 12.4. The fraction of sp³-hybridized carbons (Fsp3) is 0.667. The van der Waals surface area contributed by atoms with Crippen LogP contribution in [0, 0.1) is 23.2 Å². The summed E-state index contributed by atoms with van der Waals surface area (Å²) in [6.07, 6.45) is 9.66. The maximum atomic E-state index is 9.36. The van der Waals surface area contributed by atoms with Crippen LogP contribution >= 0.6 is 0 Å². The normalized spacial score (nSPS) is 36.7. The predicted octanol–water partition coefficient (Wildman–Crippen LogP) is 3.60. The Labute approximate surface area is 126 Å². The van der Waals surface area contributed by atoms with Crippen molar-refractivity contribution in [1.29, 1.82) is 5.26 Å². The summed E-state index contributed by atoms with van der Waals surface area (Å²) in [4.78, 5) is 4.60. The van der Waals surface area contributed by atoms with Gasteiger partial charge in [-0.15, -0.1) is 0 Å². The highest BCUT2D eigenvalue weighted by atomic mass is 16.5. The van der Waals surface area contributed by atoms with Gasteiger partial charge in [0.2, 0.25) is 0 Å². The molecule has 3 aliphatic rings. The molecular weight excluding hydrogens is 260 g/mol. The summed E-state index contributed by atoms with van der Waals surface area (Å²) in [5.74, 6) is 1.26. The average molecular weight is 282 g/mol. The molecule has 2 aliphatic carbocycles. The van der Waals surface area contributed by atoms with Crippen molar-refractivity contribution >= 4 is 0 Å². The van der Waals surface area contributed by atoms with Crippen LogP contribution in [0.1, 0.15) is 50.6 Å². The molecule has 1 aromatic rings. The number of aromatic nitrogens is 1. The number of nitriles is 1. The Kier molecular flexibility index (Phi) is 3.04. The zero-order valence-corrected chi connectivity index (χ0v) is 12.4. The molecule has 1 saturated heterocycles. The van der Waals surface area contributed by atoms with Gasteiger partial charge in [-0.05, 0) is 49.7 Å². The second kappa shape index (κ2) is 4.81. The van der Waals surface area contributed by atoms with Crippen LogP contribution in [0.3, 0.4) is 0 Å². The van der Waals surface area contributed by atoms with Gasteiger partial charge in [0.25, 0.3) is 0 Å². The SMILES string of the molecule is N#CCC1(c2ccccn2)CC2COC3(CCCC3)C2C1. The number of ether oxygens (including phenoxy) is 1. The molecule has 2 heterocycles. The molecule has 3 nitrogen and oxygen atoms in total. The van der Waals surface area contributed by atoms with E-state index in [1.807, 2.05) is 12.3 Å². The first-order valence-corrected chi connectivity index (χ1v) is 8.20. The summed E-state index contributed by atoms with van der Waals surface area (Å²) in [6.45, 7) is 0.894. The Bertz CT molecular complexity index is 558. The quantitative estimate of drug-likeness (QED) is 0.832. The third-order valence-electron chi connectivity index (χ3n) is 6.17. The largest absolute Gasteiger partial charge is 0.374 e. The number of hydrogen-bond donors (Lipinski definition) is 0. The number of fused-ring (bicyclic) bond motifs is 2. The summed E-state index contributed by atoms with van der Waals surface area (Å²) in [5.41, 5.74) is 1.22. The fourth-order valence-electron chi connectivity index (χ4n) is 5.25. The van der Waals surface area contributed by atoms with Gasteiger partial charge in [-0.1, -0.05) is 18.9 Å². The van der Waals surface area contributed by atoms with Crippen molar-refractivity contribution < 1.29 is 4.74 Å². The first kappa shape index (κ1) is 13.3. The molecule has 1 aromatic heterocycles. The van der Waals surface area contributed by atoms with Crippen LogP contribution in [0.25, 0.3) is 0 Å². The monoisotopic (exact) mass is 282 g/mol. The van der Waals surface area contributed by atoms with Crippen LogP contribution in [0.2, 0.25) is 0 Å². The minimum atomic E-state index is -0.0370. The van der Waals surface area contributed by atoms with E-state index in [0.29, 0.717) is 18.3 Å². The Hall–Kier alpha value is -1.40. The molecule has 0 amide bonds. The summed E-state index contributed by atoms with van der Waals surface area (Å²) in [6, 6.07) is 8.56. The van der Waals surface area contributed by atoms with E-state index in [0.717, 1.165) is 25.1 Å². The maximum absolute atomic E-state index is 9.36. The lowest BCUT2D eigenvalue weighted by molar-refractivity contribution is -0.0221. The van der Waals surface area contributed by atoms with Gasteiger partial charge in [0.1, 0.15) is 0 Å². The summed E-state index contributed by atoms with van der Waals surface area (Å²) >= 11 is 0. The van der Waals surface area contributed by atoms with Crippen molar-refractivity contribution in [2.75, 3.05) is 6.61 Å². The van der Waals surface area contributed by atoms with E-state index >= 15 is 0 Å². The third-order valence-corrected chi connectivity index (χ3v) is 6.17. The maximum Gasteiger partial charge on any atom is 0.0714 e. The lowest BCUT2D eigenvalue weighted by atomic mass is 9.76. The van der Waals surface area contributed by atoms with E-state index in [9.17, 15) is 5.26 Å². The highest BCUT2D eigenvalue weighted by molar-refractivity contribution is 5.25. The summed E-state index contributed by atoms with van der Waals surface area (Å²) in [7, 11) is 0. The van der Waals surface area contributed by atoms with Crippen LogP contribution in [0.5, 0.6) is 0 Å². The highest BCUT2D eigenvalue weighted by Crippen LogP contribution is 2.60. The molecule has 0 radical (unpaired) electrons. The molecular formula is C18H22N2O. The molecule has 2 saturated carbocycles. The second-order valence-corrected chi connectivity index (χ2v) is 7.19. The van der Waals surface area contributed by atoms with Crippen LogP contribution < -0.4 is 0 Å². The van der Waals surface area contributed by atoms with Gasteiger partial charge in [-0.2, -0.15) is 5.26 Å². The Morgan fingerprint density at radius 1 is 1.29 bits per heavy atom. The average Bonchev–Trinajstić information content (AvgIpc) is 3.19. The Morgan fingerprint density at radius 2 is 2.14 bits per heavy atom. The van der Waals surface area contributed by atoms with E-state index in [4.69, 9.17) is 4.74 Å². The summed E-state index contributed by atoms with van der Waals surface area (Å²) in [5, 5.41) is 9.36. The van der Waals surface area contributed by atoms with Crippen molar-refractivity contribution in [3.63, 3.8) is 0 Å². The number of nitrogens with zero attached hydrogens (tertiary/aromatic N) is 2. The minimum absolute atomic E-state index is 0.0370. The molecule has 0 bridgehead atoms. The Morgan fingerprint density at radius 3 is 2.86 bits per heavy atom. The van der Waals surface area contributed by atoms with Crippen molar-refractivity contribution in [3.05, 3.63) is 30.1 Å². The second-order valence-electron chi connectivity index (χ2n) is 7.19. The standard InChI is InChI=1S/C18H22N2O/c19-9-8-17(16-5-1-4-10-20-16)11-14-13-21-18(15(14)12-17)6-2-3-7-18/h1,4-5,10,14-15H,2-3,6-8,11-13H2. The van der Waals surface area contributed by atoms with Crippen molar-refractivity contribution in [2.24, 2.45) is 11.8 Å². The predicted molar refractivity (Wildman–Crippen MR) is 79.5 cm³/mol. The van der Waals surface area contributed by atoms with Gasteiger partial charge in [-0.25, -0.2) is 0 Å². The van der Waals surface area contributed by atoms with Crippen molar-refractivity contribution in [1.82, 2.24) is 4.98 Å². The summed E-state index contributed by atoms with van der Waals surface area (Å²) < 4.78 is 6.27. The molecule has 0 N–H and O–H groups in total. The molecule has 3 unspecified atom stereocenters. The first-order valence-electron chi connectivity index (χ1n) is 8.20. The van der Waals surface area contributed by atoms with Gasteiger partial charge in [0.15, 0.2) is 0 Å². The lowest BCUT2D eigenvalue weighted by Crippen LogP contribution is -2.34. The van der Waals surface area contributed by atoms with Gasteiger partial charge in [-0.3, -0.25) is 4.98 Å². The van der Waals surface area contributed by atoms with Gasteiger partial charge < -0.3 is 4.74 Å². The van der Waals surface area contributed by atoms with E-state index in [-0.39, 0.29) is 11.0 Å². The Balaban J connectivity index is 1.68. The number of rotatable bonds is 2. The topological polar surface area (TPSA) is 45.9 Å². The molecule has 110 valence electrons. The van der Waals surface area contributed by atoms with Gasteiger partial charge in [0.05, 0.1) is 18.3 Å². The number of hydrogen-bond acceptors (Lipinski definition) is 3. The molecule has 0 aromatic carbocycles. The molecule has 3 fully saturated rings. The lowest BCUT2D eigenvalue weighted by Gasteiger charge is -2.33. The van der Waals surface area contributed by atoms with Gasteiger partial charge >= 0.3 is 0 Å². The minimum Gasteiger partial charge on any atom is -0.374 e. The van der Waals surface area contributed by atoms with Crippen molar-refractivity contribution in [3.8, 4) is 6.07 Å². The van der Waals surface area contributed by atoms with E-state index < -0.39 is 0 Å². The fourth-order valence-corrected chi connectivity index (χ4v) is 5.25. The zero-order chi connectivity index (χ0) is 14.3. The first-order chi connectivity index (χ1) is 10.3. The molecule has 1 aliphatic heterocycles. The molecule has 3 heteroatoms. The van der Waals surface area contributed by atoms with Crippen LogP contribution in [0.4, 0.5) is 0 Å². The van der Waals surface area contributed by atoms with E-state index in [1.54, 1.807) is 0 Å². The van der Waals surface area contributed by atoms with Crippen LogP contribution in [-0.4, -0.2) is 17.2 Å². The van der Waals surface area contributed by atoms with E-state index in [1.165, 1.54) is 25.7 Å². The molecule has 21 heavy (non-hydrogen) atoms. The third kappa shape index (κ3) is 1.92. The van der Waals surface area contributed by atoms with Gasteiger partial charge in [0, 0.05) is 23.7 Å². The molecule has 4 rings (SSSR count). The number of pyridine rings is 1. The smallest absolute Gasteiger partial charge is 0.0714 e. The van der Waals surface area contributed by atoms with Crippen molar-refractivity contribution in [2.45, 2.75) is 56.0 Å². The molecule has 1 spiro atoms. The molecule has 3 atom stereocenters. The highest BCUT2D eigenvalue weighted by Gasteiger charge is 2.59. The van der Waals surface area contributed by atoms with Crippen LogP contribution in [0.15, 0.2) is 24.4 Å². The van der Waals surface area contributed by atoms with E-state index in [2.05, 4.69) is 23.2 Å².